The molecule has 14 heavy (non-hydrogen) atoms. The molecule has 1 saturated heterocycles. The van der Waals surface area contributed by atoms with Crippen molar-refractivity contribution in [2.75, 3.05) is 26.2 Å². The van der Waals surface area contributed by atoms with Crippen molar-refractivity contribution in [3.05, 3.63) is 0 Å². The van der Waals surface area contributed by atoms with Gasteiger partial charge in [-0.2, -0.15) is 0 Å². The van der Waals surface area contributed by atoms with Crippen molar-refractivity contribution in [2.45, 2.75) is 27.2 Å². The minimum atomic E-state index is -0.0891. The Morgan fingerprint density at radius 3 is 2.43 bits per heavy atom. The molecule has 2 unspecified atom stereocenters. The minimum Gasteiger partial charge on any atom is -0.465 e. The third kappa shape index (κ3) is 3.66. The van der Waals surface area contributed by atoms with E-state index >= 15 is 0 Å². The molecule has 0 saturated carbocycles. The Labute approximate surface area is 86.4 Å². The van der Waals surface area contributed by atoms with Gasteiger partial charge in [-0.05, 0) is 25.2 Å². The van der Waals surface area contributed by atoms with Gasteiger partial charge in [-0.3, -0.25) is 9.69 Å². The molecule has 0 bridgehead atoms. The second kappa shape index (κ2) is 5.35. The molecule has 0 N–H and O–H groups in total. The van der Waals surface area contributed by atoms with E-state index in [-0.39, 0.29) is 5.97 Å². The zero-order chi connectivity index (χ0) is 10.6. The van der Waals surface area contributed by atoms with Crippen molar-refractivity contribution in [1.29, 1.82) is 0 Å². The zero-order valence-corrected chi connectivity index (χ0v) is 9.45. The van der Waals surface area contributed by atoms with Crippen LogP contribution in [0.5, 0.6) is 0 Å². The first-order valence-electron chi connectivity index (χ1n) is 5.49. The highest BCUT2D eigenvalue weighted by Crippen LogP contribution is 2.20. The molecule has 3 heteroatoms. The molecule has 1 fully saturated rings. The zero-order valence-electron chi connectivity index (χ0n) is 9.45. The second-order valence-corrected chi connectivity index (χ2v) is 4.45. The van der Waals surface area contributed by atoms with Crippen LogP contribution in [0, 0.1) is 11.8 Å². The number of carbonyl (C=O) groups excluding carboxylic acids is 1. The van der Waals surface area contributed by atoms with E-state index in [2.05, 4.69) is 18.7 Å². The number of ether oxygens (including phenoxy) is 1. The first kappa shape index (κ1) is 11.5. The molecule has 0 amide bonds. The molecule has 1 heterocycles. The summed E-state index contributed by atoms with van der Waals surface area (Å²) in [6.45, 7) is 9.34. The number of hydrogen-bond acceptors (Lipinski definition) is 3. The lowest BCUT2D eigenvalue weighted by Gasteiger charge is -2.34. The Balaban J connectivity index is 2.33. The van der Waals surface area contributed by atoms with Gasteiger partial charge in [0.15, 0.2) is 0 Å². The average molecular weight is 199 g/mol. The predicted octanol–water partition coefficient (Wildman–Crippen LogP) is 1.53. The Hall–Kier alpha value is -0.570. The molecular weight excluding hydrogens is 178 g/mol. The molecule has 0 spiro atoms. The summed E-state index contributed by atoms with van der Waals surface area (Å²) in [4.78, 5) is 13.5. The van der Waals surface area contributed by atoms with Crippen LogP contribution in [-0.4, -0.2) is 37.1 Å². The summed E-state index contributed by atoms with van der Waals surface area (Å²) < 4.78 is 4.93. The summed E-state index contributed by atoms with van der Waals surface area (Å²) in [5, 5.41) is 0. The van der Waals surface area contributed by atoms with Gasteiger partial charge in [0, 0.05) is 13.1 Å². The summed E-state index contributed by atoms with van der Waals surface area (Å²) in [7, 11) is 0. The summed E-state index contributed by atoms with van der Waals surface area (Å²) >= 11 is 0. The van der Waals surface area contributed by atoms with Crippen LogP contribution in [0.1, 0.15) is 27.2 Å². The Bertz CT molecular complexity index is 184. The number of nitrogens with zero attached hydrogens (tertiary/aromatic N) is 1. The average Bonchev–Trinajstić information content (AvgIpc) is 2.01. The standard InChI is InChI=1S/C11H21NO2/c1-4-14-11(13)8-12-6-9(2)5-10(3)7-12/h9-10H,4-8H2,1-3H3. The fourth-order valence-electron chi connectivity index (χ4n) is 2.31. The molecular formula is C11H21NO2. The number of hydrogen-bond donors (Lipinski definition) is 0. The summed E-state index contributed by atoms with van der Waals surface area (Å²) in [5.41, 5.74) is 0. The summed E-state index contributed by atoms with van der Waals surface area (Å²) in [6, 6.07) is 0. The Morgan fingerprint density at radius 1 is 1.36 bits per heavy atom. The lowest BCUT2D eigenvalue weighted by atomic mass is 9.92. The van der Waals surface area contributed by atoms with E-state index in [1.807, 2.05) is 6.92 Å². The van der Waals surface area contributed by atoms with Crippen LogP contribution in [-0.2, 0) is 9.53 Å². The van der Waals surface area contributed by atoms with E-state index in [9.17, 15) is 4.79 Å². The fraction of sp³-hybridized carbons (Fsp3) is 0.909. The number of esters is 1. The molecule has 1 rings (SSSR count). The van der Waals surface area contributed by atoms with Crippen molar-refractivity contribution in [2.24, 2.45) is 11.8 Å². The van der Waals surface area contributed by atoms with E-state index in [1.165, 1.54) is 6.42 Å². The SMILES string of the molecule is CCOC(=O)CN1CC(C)CC(C)C1. The van der Waals surface area contributed by atoms with Gasteiger partial charge in [-0.1, -0.05) is 13.8 Å². The van der Waals surface area contributed by atoms with E-state index in [0.717, 1.165) is 13.1 Å². The van der Waals surface area contributed by atoms with Gasteiger partial charge < -0.3 is 4.74 Å². The van der Waals surface area contributed by atoms with Gasteiger partial charge in [-0.25, -0.2) is 0 Å². The highest BCUT2D eigenvalue weighted by molar-refractivity contribution is 5.71. The predicted molar refractivity (Wildman–Crippen MR) is 56.0 cm³/mol. The number of carbonyl (C=O) groups is 1. The van der Waals surface area contributed by atoms with E-state index in [4.69, 9.17) is 4.74 Å². The second-order valence-electron chi connectivity index (χ2n) is 4.45. The van der Waals surface area contributed by atoms with Crippen molar-refractivity contribution >= 4 is 5.97 Å². The fourth-order valence-corrected chi connectivity index (χ4v) is 2.31. The van der Waals surface area contributed by atoms with Crippen molar-refractivity contribution in [1.82, 2.24) is 4.90 Å². The first-order chi connectivity index (χ1) is 6.61. The molecule has 0 aliphatic carbocycles. The van der Waals surface area contributed by atoms with Gasteiger partial charge in [0.1, 0.15) is 0 Å². The maximum atomic E-state index is 11.3. The van der Waals surface area contributed by atoms with Crippen LogP contribution < -0.4 is 0 Å². The van der Waals surface area contributed by atoms with E-state index in [1.54, 1.807) is 0 Å². The third-order valence-corrected chi connectivity index (χ3v) is 2.60. The van der Waals surface area contributed by atoms with Gasteiger partial charge in [0.25, 0.3) is 0 Å². The number of piperidine rings is 1. The van der Waals surface area contributed by atoms with Crippen LogP contribution in [0.3, 0.4) is 0 Å². The van der Waals surface area contributed by atoms with Gasteiger partial charge in [0.05, 0.1) is 13.2 Å². The molecule has 1 aliphatic rings. The minimum absolute atomic E-state index is 0.0891. The van der Waals surface area contributed by atoms with Crippen LogP contribution in [0.25, 0.3) is 0 Å². The van der Waals surface area contributed by atoms with Crippen molar-refractivity contribution < 1.29 is 9.53 Å². The molecule has 0 aromatic rings. The Morgan fingerprint density at radius 2 is 1.93 bits per heavy atom. The van der Waals surface area contributed by atoms with Crippen LogP contribution in [0.2, 0.25) is 0 Å². The number of rotatable bonds is 3. The maximum Gasteiger partial charge on any atom is 0.320 e. The lowest BCUT2D eigenvalue weighted by molar-refractivity contribution is -0.145. The number of likely N-dealkylation sites (tertiary alicyclic amines) is 1. The van der Waals surface area contributed by atoms with Crippen LogP contribution in [0.4, 0.5) is 0 Å². The molecule has 82 valence electrons. The lowest BCUT2D eigenvalue weighted by Crippen LogP contribution is -2.41. The van der Waals surface area contributed by atoms with Crippen molar-refractivity contribution in [3.8, 4) is 0 Å². The topological polar surface area (TPSA) is 29.5 Å². The molecule has 0 aromatic heterocycles. The van der Waals surface area contributed by atoms with Gasteiger partial charge >= 0.3 is 5.97 Å². The normalized spacial score (nSPS) is 28.8. The van der Waals surface area contributed by atoms with Gasteiger partial charge in [-0.15, -0.1) is 0 Å². The first-order valence-corrected chi connectivity index (χ1v) is 5.49. The van der Waals surface area contributed by atoms with Gasteiger partial charge in [0.2, 0.25) is 0 Å². The molecule has 3 nitrogen and oxygen atoms in total. The third-order valence-electron chi connectivity index (χ3n) is 2.60. The quantitative estimate of drug-likeness (QED) is 0.646. The summed E-state index contributed by atoms with van der Waals surface area (Å²) in [5.74, 6) is 1.31. The van der Waals surface area contributed by atoms with E-state index < -0.39 is 0 Å². The summed E-state index contributed by atoms with van der Waals surface area (Å²) in [6.07, 6.45) is 1.28. The monoisotopic (exact) mass is 199 g/mol. The highest BCUT2D eigenvalue weighted by Gasteiger charge is 2.23. The Kier molecular flexibility index (Phi) is 4.39. The van der Waals surface area contributed by atoms with Crippen LogP contribution in [0.15, 0.2) is 0 Å². The van der Waals surface area contributed by atoms with Crippen LogP contribution >= 0.6 is 0 Å². The largest absolute Gasteiger partial charge is 0.465 e. The highest BCUT2D eigenvalue weighted by atomic mass is 16.5. The van der Waals surface area contributed by atoms with Crippen molar-refractivity contribution in [3.63, 3.8) is 0 Å². The smallest absolute Gasteiger partial charge is 0.320 e. The molecule has 0 radical (unpaired) electrons. The maximum absolute atomic E-state index is 11.3. The molecule has 1 aliphatic heterocycles. The van der Waals surface area contributed by atoms with E-state index in [0.29, 0.717) is 25.0 Å². The molecule has 2 atom stereocenters. The molecule has 0 aromatic carbocycles.